The van der Waals surface area contributed by atoms with Crippen molar-refractivity contribution in [3.63, 3.8) is 0 Å². The first-order chi connectivity index (χ1) is 6.84. The lowest BCUT2D eigenvalue weighted by Gasteiger charge is -2.06. The number of hydrogen-bond acceptors (Lipinski definition) is 1. The van der Waals surface area contributed by atoms with Gasteiger partial charge >= 0.3 is 0 Å². The Labute approximate surface area is 101 Å². The Hall–Kier alpha value is -0.0500. The lowest BCUT2D eigenvalue weighted by molar-refractivity contribution is -0.121. The molecule has 0 aromatic heterocycles. The van der Waals surface area contributed by atoms with Crippen molar-refractivity contribution < 1.29 is 4.79 Å². The van der Waals surface area contributed by atoms with E-state index in [9.17, 15) is 4.79 Å². The van der Waals surface area contributed by atoms with Crippen LogP contribution in [0.5, 0.6) is 0 Å². The van der Waals surface area contributed by atoms with Gasteiger partial charge in [-0.3, -0.25) is 4.79 Å². The standard InChI is InChI=1S/C12H22BrNO/c1-11(2)10(12(11,3)4)14-9(15)7-5-6-8-13/h10H,5-8H2,1-4H3,(H,14,15). The summed E-state index contributed by atoms with van der Waals surface area (Å²) >= 11 is 3.37. The Balaban J connectivity index is 2.29. The normalized spacial score (nSPS) is 22.5. The molecule has 0 aromatic carbocycles. The van der Waals surface area contributed by atoms with E-state index in [4.69, 9.17) is 0 Å². The molecule has 88 valence electrons. The van der Waals surface area contributed by atoms with Crippen molar-refractivity contribution in [2.24, 2.45) is 10.8 Å². The van der Waals surface area contributed by atoms with Gasteiger partial charge in [-0.1, -0.05) is 43.6 Å². The molecule has 0 heterocycles. The largest absolute Gasteiger partial charge is 0.352 e. The molecule has 0 radical (unpaired) electrons. The molecule has 1 rings (SSSR count). The summed E-state index contributed by atoms with van der Waals surface area (Å²) in [5.41, 5.74) is 0.496. The summed E-state index contributed by atoms with van der Waals surface area (Å²) in [5.74, 6) is 0.208. The molecule has 1 amide bonds. The van der Waals surface area contributed by atoms with Crippen LogP contribution in [0.3, 0.4) is 0 Å². The Morgan fingerprint density at radius 2 is 1.73 bits per heavy atom. The van der Waals surface area contributed by atoms with E-state index in [2.05, 4.69) is 48.9 Å². The predicted octanol–water partition coefficient (Wildman–Crippen LogP) is 3.10. The van der Waals surface area contributed by atoms with Gasteiger partial charge in [-0.05, 0) is 23.7 Å². The van der Waals surface area contributed by atoms with Gasteiger partial charge in [0.15, 0.2) is 0 Å². The molecule has 1 saturated carbocycles. The smallest absolute Gasteiger partial charge is 0.220 e. The van der Waals surface area contributed by atoms with Crippen molar-refractivity contribution in [1.29, 1.82) is 0 Å². The maximum absolute atomic E-state index is 11.6. The first kappa shape index (κ1) is 13.0. The molecule has 1 aliphatic rings. The minimum absolute atomic E-state index is 0.208. The van der Waals surface area contributed by atoms with E-state index in [0.29, 0.717) is 12.5 Å². The van der Waals surface area contributed by atoms with E-state index < -0.39 is 0 Å². The van der Waals surface area contributed by atoms with Crippen molar-refractivity contribution in [2.75, 3.05) is 5.33 Å². The van der Waals surface area contributed by atoms with Crippen molar-refractivity contribution in [3.05, 3.63) is 0 Å². The number of carbonyl (C=O) groups is 1. The Bertz CT molecular complexity index is 234. The van der Waals surface area contributed by atoms with Gasteiger partial charge in [0.05, 0.1) is 0 Å². The van der Waals surface area contributed by atoms with Crippen molar-refractivity contribution in [3.8, 4) is 0 Å². The molecule has 0 spiro atoms. The summed E-state index contributed by atoms with van der Waals surface area (Å²) in [4.78, 5) is 11.6. The predicted molar refractivity (Wildman–Crippen MR) is 67.1 cm³/mol. The van der Waals surface area contributed by atoms with Gasteiger partial charge in [0.2, 0.25) is 5.91 Å². The number of alkyl halides is 1. The molecule has 15 heavy (non-hydrogen) atoms. The van der Waals surface area contributed by atoms with Crippen LogP contribution in [0.25, 0.3) is 0 Å². The van der Waals surface area contributed by atoms with E-state index in [1.165, 1.54) is 0 Å². The van der Waals surface area contributed by atoms with Crippen LogP contribution in [-0.2, 0) is 4.79 Å². The molecule has 0 bridgehead atoms. The average Bonchev–Trinajstić information content (AvgIpc) is 2.49. The highest BCUT2D eigenvalue weighted by Gasteiger charge is 2.65. The van der Waals surface area contributed by atoms with Gasteiger partial charge in [-0.15, -0.1) is 0 Å². The number of unbranched alkanes of at least 4 members (excludes halogenated alkanes) is 1. The van der Waals surface area contributed by atoms with Crippen molar-refractivity contribution in [2.45, 2.75) is 53.0 Å². The van der Waals surface area contributed by atoms with Crippen LogP contribution in [0.2, 0.25) is 0 Å². The quantitative estimate of drug-likeness (QED) is 0.606. The van der Waals surface area contributed by atoms with Gasteiger partial charge in [0.1, 0.15) is 0 Å². The van der Waals surface area contributed by atoms with E-state index in [0.717, 1.165) is 18.2 Å². The van der Waals surface area contributed by atoms with Crippen LogP contribution in [0.4, 0.5) is 0 Å². The number of nitrogens with one attached hydrogen (secondary N) is 1. The Morgan fingerprint density at radius 3 is 2.13 bits per heavy atom. The highest BCUT2D eigenvalue weighted by molar-refractivity contribution is 9.09. The zero-order valence-corrected chi connectivity index (χ0v) is 11.8. The third kappa shape index (κ3) is 2.55. The summed E-state index contributed by atoms with van der Waals surface area (Å²) in [6.07, 6.45) is 2.71. The maximum Gasteiger partial charge on any atom is 0.220 e. The monoisotopic (exact) mass is 275 g/mol. The number of amides is 1. The molecule has 1 N–H and O–H groups in total. The van der Waals surface area contributed by atoms with E-state index >= 15 is 0 Å². The molecular formula is C12H22BrNO. The molecular weight excluding hydrogens is 254 g/mol. The highest BCUT2D eigenvalue weighted by atomic mass is 79.9. The van der Waals surface area contributed by atoms with Gasteiger partial charge in [-0.25, -0.2) is 0 Å². The summed E-state index contributed by atoms with van der Waals surface area (Å²) in [6, 6.07) is 0.349. The van der Waals surface area contributed by atoms with E-state index in [1.807, 2.05) is 0 Å². The minimum Gasteiger partial charge on any atom is -0.352 e. The number of halogens is 1. The molecule has 0 unspecified atom stereocenters. The van der Waals surface area contributed by atoms with E-state index in [-0.39, 0.29) is 16.7 Å². The molecule has 3 heteroatoms. The third-order valence-corrected chi connectivity index (χ3v) is 4.67. The van der Waals surface area contributed by atoms with Gasteiger partial charge in [0.25, 0.3) is 0 Å². The molecule has 0 aromatic rings. The molecule has 0 saturated heterocycles. The SMILES string of the molecule is CC1(C)C(NC(=O)CCCCBr)C1(C)C. The Kier molecular flexibility index (Phi) is 3.85. The summed E-state index contributed by atoms with van der Waals surface area (Å²) < 4.78 is 0. The van der Waals surface area contributed by atoms with Crippen LogP contribution < -0.4 is 5.32 Å². The summed E-state index contributed by atoms with van der Waals surface area (Å²) in [6.45, 7) is 8.87. The van der Waals surface area contributed by atoms with Gasteiger partial charge in [-0.2, -0.15) is 0 Å². The third-order valence-electron chi connectivity index (χ3n) is 4.11. The second-order valence-electron chi connectivity index (χ2n) is 5.59. The fourth-order valence-corrected chi connectivity index (χ4v) is 2.57. The summed E-state index contributed by atoms with van der Waals surface area (Å²) in [5, 5.41) is 4.13. The zero-order chi connectivity index (χ0) is 11.7. The Morgan fingerprint density at radius 1 is 1.20 bits per heavy atom. The molecule has 0 atom stereocenters. The molecule has 1 fully saturated rings. The highest BCUT2D eigenvalue weighted by Crippen LogP contribution is 2.62. The topological polar surface area (TPSA) is 29.1 Å². The number of carbonyl (C=O) groups excluding carboxylic acids is 1. The fourth-order valence-electron chi connectivity index (χ4n) is 2.17. The van der Waals surface area contributed by atoms with E-state index in [1.54, 1.807) is 0 Å². The summed E-state index contributed by atoms with van der Waals surface area (Å²) in [7, 11) is 0. The fraction of sp³-hybridized carbons (Fsp3) is 0.917. The molecule has 2 nitrogen and oxygen atoms in total. The first-order valence-corrected chi connectivity index (χ1v) is 6.81. The van der Waals surface area contributed by atoms with Crippen LogP contribution >= 0.6 is 15.9 Å². The minimum atomic E-state index is 0.208. The molecule has 0 aliphatic heterocycles. The zero-order valence-electron chi connectivity index (χ0n) is 10.2. The number of hydrogen-bond donors (Lipinski definition) is 1. The van der Waals surface area contributed by atoms with Crippen molar-refractivity contribution >= 4 is 21.8 Å². The lowest BCUT2D eigenvalue weighted by atomic mass is 10.0. The molecule has 1 aliphatic carbocycles. The average molecular weight is 276 g/mol. The maximum atomic E-state index is 11.6. The van der Waals surface area contributed by atoms with Gasteiger partial charge < -0.3 is 5.32 Å². The first-order valence-electron chi connectivity index (χ1n) is 5.69. The number of rotatable bonds is 5. The van der Waals surface area contributed by atoms with Crippen LogP contribution in [0, 0.1) is 10.8 Å². The lowest BCUT2D eigenvalue weighted by Crippen LogP contribution is -2.29. The second kappa shape index (κ2) is 4.44. The second-order valence-corrected chi connectivity index (χ2v) is 6.38. The van der Waals surface area contributed by atoms with Crippen LogP contribution in [-0.4, -0.2) is 17.3 Å². The van der Waals surface area contributed by atoms with Gasteiger partial charge in [0, 0.05) is 17.8 Å². The van der Waals surface area contributed by atoms with Crippen LogP contribution in [0.15, 0.2) is 0 Å². The van der Waals surface area contributed by atoms with Crippen molar-refractivity contribution in [1.82, 2.24) is 5.32 Å². The van der Waals surface area contributed by atoms with Crippen LogP contribution in [0.1, 0.15) is 47.0 Å².